The normalized spacial score (nSPS) is 14.2. The molecule has 0 saturated carbocycles. The fraction of sp³-hybridized carbons (Fsp3) is 0.263. The molecule has 2 atom stereocenters. The number of hydrogen-bond acceptors (Lipinski definition) is 3. The molecule has 1 amide bonds. The first-order valence-electron chi connectivity index (χ1n) is 7.82. The minimum absolute atomic E-state index is 0.0952. The molecule has 5 nitrogen and oxygen atoms in total. The van der Waals surface area contributed by atoms with Crippen molar-refractivity contribution in [3.8, 4) is 5.75 Å². The van der Waals surface area contributed by atoms with Crippen molar-refractivity contribution in [1.29, 1.82) is 0 Å². The van der Waals surface area contributed by atoms with E-state index in [9.17, 15) is 19.1 Å². The van der Waals surface area contributed by atoms with E-state index in [1.807, 2.05) is 0 Å². The third kappa shape index (κ3) is 4.56. The van der Waals surface area contributed by atoms with E-state index in [-0.39, 0.29) is 12.3 Å². The Hall–Kier alpha value is -2.89. The molecular weight excluding hydrogens is 325 g/mol. The smallest absolute Gasteiger partial charge is 0.315 e. The second-order valence-corrected chi connectivity index (χ2v) is 5.94. The lowest BCUT2D eigenvalue weighted by Crippen LogP contribution is -2.47. The van der Waals surface area contributed by atoms with E-state index in [1.165, 1.54) is 31.2 Å². The standard InChI is InChI=1S/C19H20FNO4/c1-13(25-16-10-6-9-15(20)11-16)17(22)21-12-19(2,18(23)24)14-7-4-3-5-8-14/h3-11,13H,12H2,1-2H3,(H,21,22)(H,23,24). The van der Waals surface area contributed by atoms with Crippen LogP contribution in [0.25, 0.3) is 0 Å². The molecule has 0 fully saturated rings. The Balaban J connectivity index is 2.02. The molecule has 0 spiro atoms. The van der Waals surface area contributed by atoms with E-state index in [2.05, 4.69) is 5.32 Å². The second kappa shape index (κ2) is 7.79. The third-order valence-corrected chi connectivity index (χ3v) is 3.98. The molecule has 0 aliphatic heterocycles. The van der Waals surface area contributed by atoms with Gasteiger partial charge in [-0.15, -0.1) is 0 Å². The molecule has 0 saturated heterocycles. The molecule has 0 aliphatic rings. The predicted octanol–water partition coefficient (Wildman–Crippen LogP) is 2.75. The molecule has 132 valence electrons. The Kier molecular flexibility index (Phi) is 5.75. The molecule has 6 heteroatoms. The average Bonchev–Trinajstić information content (AvgIpc) is 2.59. The van der Waals surface area contributed by atoms with E-state index in [0.717, 1.165) is 0 Å². The number of hydrogen-bond donors (Lipinski definition) is 2. The van der Waals surface area contributed by atoms with E-state index in [1.54, 1.807) is 37.3 Å². The van der Waals surface area contributed by atoms with Crippen LogP contribution in [0.1, 0.15) is 19.4 Å². The summed E-state index contributed by atoms with van der Waals surface area (Å²) in [5.41, 5.74) is -0.684. The first kappa shape index (κ1) is 18.4. The first-order chi connectivity index (χ1) is 11.8. The Bertz CT molecular complexity index is 750. The summed E-state index contributed by atoms with van der Waals surface area (Å²) in [5, 5.41) is 12.2. The summed E-state index contributed by atoms with van der Waals surface area (Å²) in [6.45, 7) is 2.96. The number of ether oxygens (including phenoxy) is 1. The maximum absolute atomic E-state index is 13.2. The minimum Gasteiger partial charge on any atom is -0.481 e. The zero-order valence-electron chi connectivity index (χ0n) is 14.0. The Morgan fingerprint density at radius 2 is 1.88 bits per heavy atom. The fourth-order valence-corrected chi connectivity index (χ4v) is 2.31. The number of aliphatic carboxylic acids is 1. The van der Waals surface area contributed by atoms with Gasteiger partial charge in [0.05, 0.1) is 0 Å². The van der Waals surface area contributed by atoms with E-state index in [0.29, 0.717) is 5.56 Å². The van der Waals surface area contributed by atoms with Crippen LogP contribution in [0.5, 0.6) is 5.75 Å². The first-order valence-corrected chi connectivity index (χ1v) is 7.82. The minimum atomic E-state index is -1.27. The van der Waals surface area contributed by atoms with Gasteiger partial charge in [-0.05, 0) is 31.5 Å². The van der Waals surface area contributed by atoms with Gasteiger partial charge in [-0.1, -0.05) is 36.4 Å². The quantitative estimate of drug-likeness (QED) is 0.809. The van der Waals surface area contributed by atoms with Gasteiger partial charge < -0.3 is 15.2 Å². The van der Waals surface area contributed by atoms with Gasteiger partial charge in [-0.25, -0.2) is 4.39 Å². The second-order valence-electron chi connectivity index (χ2n) is 5.94. The number of carboxylic acid groups (broad SMARTS) is 1. The number of halogens is 1. The van der Waals surface area contributed by atoms with Crippen molar-refractivity contribution in [2.75, 3.05) is 6.54 Å². The highest BCUT2D eigenvalue weighted by Crippen LogP contribution is 2.23. The largest absolute Gasteiger partial charge is 0.481 e. The maximum atomic E-state index is 13.2. The molecule has 0 radical (unpaired) electrons. The number of rotatable bonds is 7. The highest BCUT2D eigenvalue weighted by molar-refractivity contribution is 5.84. The van der Waals surface area contributed by atoms with Gasteiger partial charge in [0.2, 0.25) is 0 Å². The zero-order chi connectivity index (χ0) is 18.4. The summed E-state index contributed by atoms with van der Waals surface area (Å²) in [6.07, 6.45) is -0.893. The van der Waals surface area contributed by atoms with Crippen molar-refractivity contribution in [1.82, 2.24) is 5.32 Å². The number of nitrogens with one attached hydrogen (secondary N) is 1. The molecule has 2 rings (SSSR count). The summed E-state index contributed by atoms with van der Waals surface area (Å²) < 4.78 is 18.5. The molecule has 25 heavy (non-hydrogen) atoms. The van der Waals surface area contributed by atoms with Crippen LogP contribution in [0.4, 0.5) is 4.39 Å². The van der Waals surface area contributed by atoms with Crippen LogP contribution in [0.3, 0.4) is 0 Å². The molecule has 0 aliphatic carbocycles. The highest BCUT2D eigenvalue weighted by atomic mass is 19.1. The van der Waals surface area contributed by atoms with Gasteiger partial charge in [-0.3, -0.25) is 9.59 Å². The summed E-state index contributed by atoms with van der Waals surface area (Å²) in [5.74, 6) is -1.76. The van der Waals surface area contributed by atoms with Gasteiger partial charge in [0, 0.05) is 12.6 Å². The Morgan fingerprint density at radius 3 is 2.48 bits per heavy atom. The lowest BCUT2D eigenvalue weighted by atomic mass is 9.82. The lowest BCUT2D eigenvalue weighted by Gasteiger charge is -2.26. The number of amides is 1. The lowest BCUT2D eigenvalue weighted by molar-refractivity contribution is -0.143. The number of carbonyl (C=O) groups is 2. The van der Waals surface area contributed by atoms with Crippen LogP contribution in [0.2, 0.25) is 0 Å². The SMILES string of the molecule is CC(Oc1cccc(F)c1)C(=O)NCC(C)(C(=O)O)c1ccccc1. The Labute approximate surface area is 145 Å². The van der Waals surface area contributed by atoms with Crippen molar-refractivity contribution >= 4 is 11.9 Å². The van der Waals surface area contributed by atoms with E-state index < -0.39 is 29.2 Å². The van der Waals surface area contributed by atoms with Crippen molar-refractivity contribution < 1.29 is 23.8 Å². The van der Waals surface area contributed by atoms with Crippen LogP contribution < -0.4 is 10.1 Å². The summed E-state index contributed by atoms with van der Waals surface area (Å²) >= 11 is 0. The Morgan fingerprint density at radius 1 is 1.20 bits per heavy atom. The summed E-state index contributed by atoms with van der Waals surface area (Å²) in [6, 6.07) is 14.1. The third-order valence-electron chi connectivity index (χ3n) is 3.98. The molecule has 0 aromatic heterocycles. The van der Waals surface area contributed by atoms with Gasteiger partial charge in [0.15, 0.2) is 6.10 Å². The fourth-order valence-electron chi connectivity index (χ4n) is 2.31. The van der Waals surface area contributed by atoms with Crippen molar-refractivity contribution in [3.63, 3.8) is 0 Å². The van der Waals surface area contributed by atoms with Crippen LogP contribution in [-0.2, 0) is 15.0 Å². The topological polar surface area (TPSA) is 75.6 Å². The van der Waals surface area contributed by atoms with Gasteiger partial charge in [0.25, 0.3) is 5.91 Å². The number of carboxylic acids is 1. The van der Waals surface area contributed by atoms with Crippen LogP contribution in [-0.4, -0.2) is 29.6 Å². The van der Waals surface area contributed by atoms with Crippen molar-refractivity contribution in [3.05, 3.63) is 66.0 Å². The number of benzene rings is 2. The van der Waals surface area contributed by atoms with Gasteiger partial charge >= 0.3 is 5.97 Å². The molecule has 2 aromatic rings. The maximum Gasteiger partial charge on any atom is 0.315 e. The van der Waals surface area contributed by atoms with E-state index in [4.69, 9.17) is 4.74 Å². The van der Waals surface area contributed by atoms with Crippen LogP contribution >= 0.6 is 0 Å². The van der Waals surface area contributed by atoms with E-state index >= 15 is 0 Å². The molecular formula is C19H20FNO4. The molecule has 2 aromatic carbocycles. The monoisotopic (exact) mass is 345 g/mol. The van der Waals surface area contributed by atoms with Gasteiger partial charge in [-0.2, -0.15) is 0 Å². The zero-order valence-corrected chi connectivity index (χ0v) is 14.0. The molecule has 0 heterocycles. The van der Waals surface area contributed by atoms with Crippen molar-refractivity contribution in [2.45, 2.75) is 25.4 Å². The number of carbonyl (C=O) groups excluding carboxylic acids is 1. The summed E-state index contributed by atoms with van der Waals surface area (Å²) in [7, 11) is 0. The van der Waals surface area contributed by atoms with Crippen molar-refractivity contribution in [2.24, 2.45) is 0 Å². The van der Waals surface area contributed by atoms with Crippen LogP contribution in [0.15, 0.2) is 54.6 Å². The average molecular weight is 345 g/mol. The van der Waals surface area contributed by atoms with Crippen LogP contribution in [0, 0.1) is 5.82 Å². The predicted molar refractivity (Wildman–Crippen MR) is 90.9 cm³/mol. The highest BCUT2D eigenvalue weighted by Gasteiger charge is 2.36. The molecule has 2 unspecified atom stereocenters. The molecule has 2 N–H and O–H groups in total. The molecule has 0 bridgehead atoms. The summed E-state index contributed by atoms with van der Waals surface area (Å²) in [4.78, 5) is 23.9. The van der Waals surface area contributed by atoms with Gasteiger partial charge in [0.1, 0.15) is 17.0 Å².